The Morgan fingerprint density at radius 3 is 2.54 bits per heavy atom. The van der Waals surface area contributed by atoms with Crippen LogP contribution in [0.2, 0.25) is 0 Å². The minimum absolute atomic E-state index is 0.272. The topological polar surface area (TPSA) is 73.3 Å². The monoisotopic (exact) mass is 323 g/mol. The molecule has 0 bridgehead atoms. The van der Waals surface area contributed by atoms with Crippen LogP contribution in [-0.2, 0) is 4.74 Å². The molecule has 6 heteroatoms. The molecule has 3 aromatic rings. The molecule has 2 aromatic carbocycles. The number of aromatic nitrogens is 2. The summed E-state index contributed by atoms with van der Waals surface area (Å²) in [6, 6.07) is 14.5. The van der Waals surface area contributed by atoms with Gasteiger partial charge in [0.1, 0.15) is 18.1 Å². The van der Waals surface area contributed by atoms with Crippen molar-refractivity contribution in [3.05, 3.63) is 60.4 Å². The van der Waals surface area contributed by atoms with E-state index >= 15 is 0 Å². The lowest BCUT2D eigenvalue weighted by Crippen LogP contribution is -2.14. The first-order chi connectivity index (χ1) is 11.8. The molecule has 1 N–H and O–H groups in total. The van der Waals surface area contributed by atoms with Crippen molar-refractivity contribution in [1.82, 2.24) is 9.97 Å². The van der Waals surface area contributed by atoms with E-state index < -0.39 is 0 Å². The third-order valence-electron chi connectivity index (χ3n) is 3.35. The average Bonchev–Trinajstić information content (AvgIpc) is 2.63. The van der Waals surface area contributed by atoms with Crippen molar-refractivity contribution in [3.63, 3.8) is 0 Å². The number of carbonyl (C=O) groups is 1. The fourth-order valence-electron chi connectivity index (χ4n) is 2.14. The van der Waals surface area contributed by atoms with Crippen molar-refractivity contribution < 1.29 is 14.3 Å². The lowest BCUT2D eigenvalue weighted by Gasteiger charge is -2.08. The van der Waals surface area contributed by atoms with Crippen LogP contribution in [0.15, 0.2) is 54.7 Å². The van der Waals surface area contributed by atoms with Crippen LogP contribution in [0.25, 0.3) is 11.0 Å². The van der Waals surface area contributed by atoms with Gasteiger partial charge in [-0.05, 0) is 36.4 Å². The number of fused-ring (bicyclic) bond motifs is 1. The quantitative estimate of drug-likeness (QED) is 0.706. The SMILES string of the molecule is COCCOc1ccc(NC(=O)c2cnc3ccccc3n2)cc1. The number of methoxy groups -OCH3 is 1. The number of ether oxygens (including phenoxy) is 2. The smallest absolute Gasteiger partial charge is 0.275 e. The van der Waals surface area contributed by atoms with E-state index in [0.29, 0.717) is 24.4 Å². The molecular formula is C18H17N3O3. The summed E-state index contributed by atoms with van der Waals surface area (Å²) >= 11 is 0. The molecule has 0 unspecified atom stereocenters. The van der Waals surface area contributed by atoms with Crippen LogP contribution in [0.3, 0.4) is 0 Å². The number of nitrogens with zero attached hydrogens (tertiary/aromatic N) is 2. The van der Waals surface area contributed by atoms with Gasteiger partial charge in [-0.25, -0.2) is 4.98 Å². The van der Waals surface area contributed by atoms with Crippen molar-refractivity contribution in [1.29, 1.82) is 0 Å². The lowest BCUT2D eigenvalue weighted by molar-refractivity contribution is 0.102. The molecule has 0 fully saturated rings. The van der Waals surface area contributed by atoms with E-state index in [1.54, 1.807) is 31.4 Å². The Bertz CT molecular complexity index is 834. The fraction of sp³-hybridized carbons (Fsp3) is 0.167. The first kappa shape index (κ1) is 15.9. The molecule has 0 aliphatic rings. The summed E-state index contributed by atoms with van der Waals surface area (Å²) < 4.78 is 10.4. The minimum atomic E-state index is -0.304. The molecule has 24 heavy (non-hydrogen) atoms. The normalized spacial score (nSPS) is 10.5. The molecule has 1 aromatic heterocycles. The van der Waals surface area contributed by atoms with Crippen molar-refractivity contribution in [2.24, 2.45) is 0 Å². The van der Waals surface area contributed by atoms with Gasteiger partial charge < -0.3 is 14.8 Å². The summed E-state index contributed by atoms with van der Waals surface area (Å²) in [4.78, 5) is 20.9. The van der Waals surface area contributed by atoms with E-state index in [1.807, 2.05) is 24.3 Å². The van der Waals surface area contributed by atoms with Crippen LogP contribution in [0.4, 0.5) is 5.69 Å². The zero-order valence-corrected chi connectivity index (χ0v) is 13.2. The van der Waals surface area contributed by atoms with Crippen molar-refractivity contribution in [2.75, 3.05) is 25.6 Å². The van der Waals surface area contributed by atoms with E-state index in [2.05, 4.69) is 15.3 Å². The molecule has 0 aliphatic carbocycles. The van der Waals surface area contributed by atoms with Gasteiger partial charge in [-0.3, -0.25) is 9.78 Å². The zero-order chi connectivity index (χ0) is 16.8. The Balaban J connectivity index is 1.67. The Morgan fingerprint density at radius 1 is 1.04 bits per heavy atom. The number of benzene rings is 2. The van der Waals surface area contributed by atoms with Gasteiger partial charge in [0.25, 0.3) is 5.91 Å². The summed E-state index contributed by atoms with van der Waals surface area (Å²) in [5, 5.41) is 2.80. The number of nitrogens with one attached hydrogen (secondary N) is 1. The van der Waals surface area contributed by atoms with Crippen LogP contribution in [0, 0.1) is 0 Å². The van der Waals surface area contributed by atoms with Gasteiger partial charge in [0.2, 0.25) is 0 Å². The molecule has 1 amide bonds. The van der Waals surface area contributed by atoms with E-state index in [0.717, 1.165) is 11.3 Å². The van der Waals surface area contributed by atoms with Crippen molar-refractivity contribution >= 4 is 22.6 Å². The molecule has 0 spiro atoms. The maximum absolute atomic E-state index is 12.3. The highest BCUT2D eigenvalue weighted by Crippen LogP contribution is 2.16. The van der Waals surface area contributed by atoms with Gasteiger partial charge in [-0.1, -0.05) is 12.1 Å². The molecule has 0 aliphatic heterocycles. The Morgan fingerprint density at radius 2 is 1.79 bits per heavy atom. The number of carbonyl (C=O) groups excluding carboxylic acids is 1. The van der Waals surface area contributed by atoms with E-state index in [-0.39, 0.29) is 11.6 Å². The highest BCUT2D eigenvalue weighted by atomic mass is 16.5. The summed E-state index contributed by atoms with van der Waals surface area (Å²) in [5.74, 6) is 0.414. The van der Waals surface area contributed by atoms with Gasteiger partial charge in [-0.15, -0.1) is 0 Å². The van der Waals surface area contributed by atoms with Gasteiger partial charge in [0, 0.05) is 12.8 Å². The highest BCUT2D eigenvalue weighted by Gasteiger charge is 2.09. The Hall–Kier alpha value is -2.99. The molecule has 3 rings (SSSR count). The molecule has 0 radical (unpaired) electrons. The van der Waals surface area contributed by atoms with Gasteiger partial charge in [0.05, 0.1) is 23.8 Å². The predicted octanol–water partition coefficient (Wildman–Crippen LogP) is 2.91. The standard InChI is InChI=1S/C18H17N3O3/c1-23-10-11-24-14-8-6-13(7-9-14)20-18(22)17-12-19-15-4-2-3-5-16(15)21-17/h2-9,12H,10-11H2,1H3,(H,20,22). The van der Waals surface area contributed by atoms with Crippen LogP contribution >= 0.6 is 0 Å². The second kappa shape index (κ2) is 7.52. The number of para-hydroxylation sites is 2. The molecule has 0 saturated carbocycles. The number of amides is 1. The molecule has 1 heterocycles. The second-order valence-corrected chi connectivity index (χ2v) is 5.06. The lowest BCUT2D eigenvalue weighted by atomic mass is 10.2. The largest absolute Gasteiger partial charge is 0.491 e. The fourth-order valence-corrected chi connectivity index (χ4v) is 2.14. The third kappa shape index (κ3) is 3.85. The predicted molar refractivity (Wildman–Crippen MR) is 91.3 cm³/mol. The molecular weight excluding hydrogens is 306 g/mol. The molecule has 122 valence electrons. The average molecular weight is 323 g/mol. The number of hydrogen-bond donors (Lipinski definition) is 1. The van der Waals surface area contributed by atoms with Crippen LogP contribution in [0.5, 0.6) is 5.75 Å². The maximum atomic E-state index is 12.3. The summed E-state index contributed by atoms with van der Waals surface area (Å²) in [5.41, 5.74) is 2.38. The summed E-state index contributed by atoms with van der Waals surface area (Å²) in [7, 11) is 1.62. The van der Waals surface area contributed by atoms with Crippen LogP contribution in [-0.4, -0.2) is 36.2 Å². The van der Waals surface area contributed by atoms with Crippen LogP contribution in [0.1, 0.15) is 10.5 Å². The first-order valence-electron chi connectivity index (χ1n) is 7.51. The molecule has 6 nitrogen and oxygen atoms in total. The van der Waals surface area contributed by atoms with E-state index in [4.69, 9.17) is 9.47 Å². The molecule has 0 atom stereocenters. The zero-order valence-electron chi connectivity index (χ0n) is 13.2. The van der Waals surface area contributed by atoms with Gasteiger partial charge in [-0.2, -0.15) is 0 Å². The summed E-state index contributed by atoms with van der Waals surface area (Å²) in [6.07, 6.45) is 1.47. The molecule has 0 saturated heterocycles. The van der Waals surface area contributed by atoms with Crippen LogP contribution < -0.4 is 10.1 Å². The number of anilines is 1. The van der Waals surface area contributed by atoms with Gasteiger partial charge in [0.15, 0.2) is 0 Å². The van der Waals surface area contributed by atoms with Gasteiger partial charge >= 0.3 is 0 Å². The number of rotatable bonds is 6. The van der Waals surface area contributed by atoms with E-state index in [1.165, 1.54) is 6.20 Å². The maximum Gasteiger partial charge on any atom is 0.275 e. The minimum Gasteiger partial charge on any atom is -0.491 e. The van der Waals surface area contributed by atoms with Crippen molar-refractivity contribution in [2.45, 2.75) is 0 Å². The Labute approximate surface area is 139 Å². The first-order valence-corrected chi connectivity index (χ1v) is 7.51. The second-order valence-electron chi connectivity index (χ2n) is 5.06. The van der Waals surface area contributed by atoms with E-state index in [9.17, 15) is 4.79 Å². The summed E-state index contributed by atoms with van der Waals surface area (Å²) in [6.45, 7) is 1.01. The number of hydrogen-bond acceptors (Lipinski definition) is 5. The Kier molecular flexibility index (Phi) is 4.98. The third-order valence-corrected chi connectivity index (χ3v) is 3.35. The van der Waals surface area contributed by atoms with Crippen molar-refractivity contribution in [3.8, 4) is 5.75 Å². The highest BCUT2D eigenvalue weighted by molar-refractivity contribution is 6.03.